The van der Waals surface area contributed by atoms with Gasteiger partial charge in [-0.2, -0.15) is 0 Å². The Morgan fingerprint density at radius 2 is 0.774 bits per heavy atom. The summed E-state index contributed by atoms with van der Waals surface area (Å²) in [7, 11) is 8.38. The van der Waals surface area contributed by atoms with E-state index in [9.17, 15) is 19.8 Å². The molecule has 0 amide bonds. The average molecular weight is 447 g/mol. The van der Waals surface area contributed by atoms with E-state index in [1.807, 2.05) is 0 Å². The Morgan fingerprint density at radius 1 is 0.548 bits per heavy atom. The molecule has 0 saturated carbocycles. The van der Waals surface area contributed by atoms with Gasteiger partial charge in [0.1, 0.15) is 34.5 Å². The summed E-state index contributed by atoms with van der Waals surface area (Å²) in [6, 6.07) is 5.81. The smallest absolute Gasteiger partial charge is 0.545 e. The molecule has 10 nitrogen and oxygen atoms in total. The molecule has 11 heteroatoms. The molecule has 0 atom stereocenters. The Bertz CT molecular complexity index is 774. The van der Waals surface area contributed by atoms with Crippen molar-refractivity contribution < 1.29 is 48.2 Å². The molecule has 164 valence electrons. The number of carbonyl (C=O) groups is 2. The Morgan fingerprint density at radius 3 is 0.903 bits per heavy atom. The van der Waals surface area contributed by atoms with Gasteiger partial charge < -0.3 is 48.2 Å². The van der Waals surface area contributed by atoms with Crippen molar-refractivity contribution >= 4 is 35.0 Å². The molecule has 31 heavy (non-hydrogen) atoms. The summed E-state index contributed by atoms with van der Waals surface area (Å²) in [6.07, 6.45) is 0. The van der Waals surface area contributed by atoms with Crippen molar-refractivity contribution in [3.05, 3.63) is 35.4 Å². The van der Waals surface area contributed by atoms with Crippen LogP contribution in [-0.2, 0) is 0 Å². The number of hydrogen-bond acceptors (Lipinski definition) is 10. The monoisotopic (exact) mass is 446 g/mol. The third-order valence-corrected chi connectivity index (χ3v) is 3.84. The molecule has 0 N–H and O–H groups in total. The first-order chi connectivity index (χ1) is 14.3. The summed E-state index contributed by atoms with van der Waals surface area (Å²) in [5, 5.41) is 21.7. The number of benzene rings is 2. The summed E-state index contributed by atoms with van der Waals surface area (Å²) in [4.78, 5) is 21.7. The van der Waals surface area contributed by atoms with Gasteiger partial charge in [0.2, 0.25) is 0 Å². The van der Waals surface area contributed by atoms with Crippen LogP contribution in [0.1, 0.15) is 20.7 Å². The number of aromatic carboxylic acids is 2. The van der Waals surface area contributed by atoms with Crippen molar-refractivity contribution in [3.8, 4) is 34.5 Å². The summed E-state index contributed by atoms with van der Waals surface area (Å²) < 4.78 is 29.6. The zero-order chi connectivity index (χ0) is 22.8. The van der Waals surface area contributed by atoms with Crippen LogP contribution in [0.5, 0.6) is 34.5 Å². The van der Waals surface area contributed by atoms with Crippen molar-refractivity contribution in [1.82, 2.24) is 0 Å². The van der Waals surface area contributed by atoms with Crippen LogP contribution in [0.4, 0.5) is 0 Å². The molecular formula is C20H22MgO10. The van der Waals surface area contributed by atoms with Gasteiger partial charge in [-0.05, 0) is 0 Å². The van der Waals surface area contributed by atoms with Crippen LogP contribution in [0, 0.1) is 0 Å². The second-order valence-corrected chi connectivity index (χ2v) is 5.39. The number of methoxy groups -OCH3 is 6. The topological polar surface area (TPSA) is 136 Å². The van der Waals surface area contributed by atoms with Crippen LogP contribution in [0.2, 0.25) is 0 Å². The van der Waals surface area contributed by atoms with E-state index in [2.05, 4.69) is 0 Å². The van der Waals surface area contributed by atoms with Crippen LogP contribution in [-0.4, -0.2) is 77.7 Å². The number of rotatable bonds is 8. The minimum Gasteiger partial charge on any atom is -0.545 e. The van der Waals surface area contributed by atoms with E-state index in [1.165, 1.54) is 66.9 Å². The molecule has 0 spiro atoms. The van der Waals surface area contributed by atoms with Crippen molar-refractivity contribution in [2.24, 2.45) is 0 Å². The second kappa shape index (κ2) is 13.3. The summed E-state index contributed by atoms with van der Waals surface area (Å²) >= 11 is 0. The molecule has 0 bridgehead atoms. The van der Waals surface area contributed by atoms with Gasteiger partial charge in [0.15, 0.2) is 0 Å². The predicted molar refractivity (Wildman–Crippen MR) is 107 cm³/mol. The van der Waals surface area contributed by atoms with E-state index < -0.39 is 11.9 Å². The maximum Gasteiger partial charge on any atom is 2.00 e. The van der Waals surface area contributed by atoms with Crippen LogP contribution < -0.4 is 38.6 Å². The van der Waals surface area contributed by atoms with Crippen LogP contribution in [0.25, 0.3) is 0 Å². The molecule has 2 aromatic carbocycles. The number of carboxylic acids is 2. The van der Waals surface area contributed by atoms with E-state index in [0.29, 0.717) is 11.5 Å². The van der Waals surface area contributed by atoms with E-state index in [0.717, 1.165) is 0 Å². The molecule has 0 fully saturated rings. The van der Waals surface area contributed by atoms with Crippen molar-refractivity contribution in [3.63, 3.8) is 0 Å². The van der Waals surface area contributed by atoms with Gasteiger partial charge in [0, 0.05) is 24.3 Å². The van der Waals surface area contributed by atoms with Gasteiger partial charge in [-0.3, -0.25) is 0 Å². The molecule has 0 radical (unpaired) electrons. The van der Waals surface area contributed by atoms with Gasteiger partial charge in [0.05, 0.1) is 65.7 Å². The summed E-state index contributed by atoms with van der Waals surface area (Å²) in [5.74, 6) is -1.23. The summed E-state index contributed by atoms with van der Waals surface area (Å²) in [5.41, 5.74) is -0.249. The Balaban J connectivity index is 0.000000562. The van der Waals surface area contributed by atoms with Gasteiger partial charge in [0.25, 0.3) is 0 Å². The number of hydrogen-bond donors (Lipinski definition) is 0. The Hall–Kier alpha value is -3.05. The molecule has 0 heterocycles. The van der Waals surface area contributed by atoms with E-state index in [1.54, 1.807) is 0 Å². The molecule has 0 aliphatic carbocycles. The molecule has 0 aromatic heterocycles. The third-order valence-electron chi connectivity index (χ3n) is 3.84. The molecule has 0 aliphatic heterocycles. The molecule has 0 aliphatic rings. The fourth-order valence-corrected chi connectivity index (χ4v) is 2.41. The largest absolute Gasteiger partial charge is 2.00 e. The second-order valence-electron chi connectivity index (χ2n) is 5.39. The standard InChI is InChI=1S/2C10H12O5.Mg/c2*1-13-6-4-7(14-2)9(10(11)12)8(5-6)15-3;/h2*4-5H,1-3H3,(H,11,12);/q;;+2/p-2. The zero-order valence-corrected chi connectivity index (χ0v) is 19.5. The zero-order valence-electron chi connectivity index (χ0n) is 18.1. The molecule has 0 unspecified atom stereocenters. The summed E-state index contributed by atoms with van der Waals surface area (Å²) in [6.45, 7) is 0. The fraction of sp³-hybridized carbons (Fsp3) is 0.300. The number of carbonyl (C=O) groups excluding carboxylic acids is 2. The van der Waals surface area contributed by atoms with E-state index in [-0.39, 0.29) is 57.2 Å². The quantitative estimate of drug-likeness (QED) is 0.500. The first-order valence-electron chi connectivity index (χ1n) is 8.30. The van der Waals surface area contributed by atoms with Crippen molar-refractivity contribution in [2.45, 2.75) is 0 Å². The molecular weight excluding hydrogens is 425 g/mol. The number of carboxylic acid groups (broad SMARTS) is 2. The van der Waals surface area contributed by atoms with Crippen molar-refractivity contribution in [2.75, 3.05) is 42.7 Å². The average Bonchev–Trinajstić information content (AvgIpc) is 2.76. The fourth-order valence-electron chi connectivity index (χ4n) is 2.41. The minimum atomic E-state index is -1.36. The SMILES string of the molecule is COc1cc(OC)c(C(=O)[O-])c(OC)c1.COc1cc(OC)c(C(=O)[O-])c(OC)c1.[Mg+2]. The maximum atomic E-state index is 10.8. The predicted octanol–water partition coefficient (Wildman–Crippen LogP) is -0.229. The van der Waals surface area contributed by atoms with Crippen LogP contribution in [0.3, 0.4) is 0 Å². The first-order valence-corrected chi connectivity index (χ1v) is 8.30. The van der Waals surface area contributed by atoms with Crippen molar-refractivity contribution in [1.29, 1.82) is 0 Å². The molecule has 2 aromatic rings. The third kappa shape index (κ3) is 7.00. The normalized spacial score (nSPS) is 9.23. The van der Waals surface area contributed by atoms with E-state index >= 15 is 0 Å². The molecule has 2 rings (SSSR count). The van der Waals surface area contributed by atoms with E-state index in [4.69, 9.17) is 28.4 Å². The van der Waals surface area contributed by atoms with Crippen LogP contribution in [0.15, 0.2) is 24.3 Å². The Kier molecular flexibility index (Phi) is 12.0. The van der Waals surface area contributed by atoms with Gasteiger partial charge in [-0.15, -0.1) is 0 Å². The molecule has 0 saturated heterocycles. The van der Waals surface area contributed by atoms with Gasteiger partial charge >= 0.3 is 23.1 Å². The first kappa shape index (κ1) is 27.9. The minimum absolute atomic E-state index is 0. The maximum absolute atomic E-state index is 10.8. The van der Waals surface area contributed by atoms with Gasteiger partial charge in [-0.1, -0.05) is 0 Å². The number of ether oxygens (including phenoxy) is 6. The van der Waals surface area contributed by atoms with Gasteiger partial charge in [-0.25, -0.2) is 0 Å². The van der Waals surface area contributed by atoms with Crippen LogP contribution >= 0.6 is 0 Å². The Labute approximate surface area is 195 Å².